The van der Waals surface area contributed by atoms with E-state index in [0.717, 1.165) is 24.1 Å². The number of carbonyl (C=O) groups is 1. The molecule has 0 spiro atoms. The van der Waals surface area contributed by atoms with E-state index in [-0.39, 0.29) is 12.0 Å². The molecule has 0 aliphatic carbocycles. The number of amides is 1. The largest absolute Gasteiger partial charge is 0.399 e. The smallest absolute Gasteiger partial charge is 0.224 e. The number of aryl methyl sites for hydroxylation is 1. The molecule has 0 saturated carbocycles. The van der Waals surface area contributed by atoms with Gasteiger partial charge in [0.2, 0.25) is 5.91 Å². The summed E-state index contributed by atoms with van der Waals surface area (Å²) in [5, 5.41) is 2.89. The van der Waals surface area contributed by atoms with Crippen molar-refractivity contribution in [3.05, 3.63) is 23.8 Å². The highest BCUT2D eigenvalue weighted by Crippen LogP contribution is 2.17. The Morgan fingerprint density at radius 2 is 2.21 bits per heavy atom. The zero-order chi connectivity index (χ0) is 14.3. The molecule has 1 unspecified atom stereocenters. The van der Waals surface area contributed by atoms with Gasteiger partial charge in [0.15, 0.2) is 0 Å². The maximum Gasteiger partial charge on any atom is 0.224 e. The lowest BCUT2D eigenvalue weighted by Gasteiger charge is -2.11. The molecule has 3 N–H and O–H groups in total. The molecule has 1 rings (SSSR count). The van der Waals surface area contributed by atoms with E-state index in [2.05, 4.69) is 12.2 Å². The van der Waals surface area contributed by atoms with Gasteiger partial charge < -0.3 is 15.8 Å². The van der Waals surface area contributed by atoms with Gasteiger partial charge in [-0.2, -0.15) is 0 Å². The number of anilines is 2. The summed E-state index contributed by atoms with van der Waals surface area (Å²) in [4.78, 5) is 11.8. The maximum atomic E-state index is 11.8. The van der Waals surface area contributed by atoms with Crippen LogP contribution in [-0.2, 0) is 9.53 Å². The number of rotatable bonds is 7. The molecular formula is C15H24N2O2. The fourth-order valence-corrected chi connectivity index (χ4v) is 1.67. The lowest BCUT2D eigenvalue weighted by atomic mass is 10.1. The van der Waals surface area contributed by atoms with Crippen LogP contribution in [0.1, 0.15) is 38.7 Å². The maximum absolute atomic E-state index is 11.8. The molecule has 0 fully saturated rings. The summed E-state index contributed by atoms with van der Waals surface area (Å²) in [7, 11) is 0. The van der Waals surface area contributed by atoms with Gasteiger partial charge in [-0.25, -0.2) is 0 Å². The molecule has 19 heavy (non-hydrogen) atoms. The van der Waals surface area contributed by atoms with Gasteiger partial charge >= 0.3 is 0 Å². The molecule has 1 aromatic rings. The number of nitrogens with one attached hydrogen (secondary N) is 1. The Balaban J connectivity index is 2.31. The average molecular weight is 264 g/mol. The number of benzene rings is 1. The molecule has 1 atom stereocenters. The Kier molecular flexibility index (Phi) is 6.36. The zero-order valence-electron chi connectivity index (χ0n) is 12.0. The van der Waals surface area contributed by atoms with Crippen LogP contribution in [0.5, 0.6) is 0 Å². The fourth-order valence-electron chi connectivity index (χ4n) is 1.67. The van der Waals surface area contributed by atoms with E-state index < -0.39 is 0 Å². The first-order valence-corrected chi connectivity index (χ1v) is 6.80. The summed E-state index contributed by atoms with van der Waals surface area (Å²) < 4.78 is 5.53. The lowest BCUT2D eigenvalue weighted by molar-refractivity contribution is -0.116. The summed E-state index contributed by atoms with van der Waals surface area (Å²) in [5.41, 5.74) is 8.17. The predicted molar refractivity (Wildman–Crippen MR) is 79.2 cm³/mol. The van der Waals surface area contributed by atoms with Crippen molar-refractivity contribution >= 4 is 17.3 Å². The number of carbonyl (C=O) groups excluding carboxylic acids is 1. The number of ether oxygens (including phenoxy) is 1. The molecule has 4 nitrogen and oxygen atoms in total. The van der Waals surface area contributed by atoms with Crippen LogP contribution < -0.4 is 11.1 Å². The SMILES string of the molecule is CCC(C)OCCCC(=O)Nc1ccc(N)cc1C. The Hall–Kier alpha value is -1.55. The third-order valence-corrected chi connectivity index (χ3v) is 3.05. The van der Waals surface area contributed by atoms with E-state index in [9.17, 15) is 4.79 Å². The number of nitrogen functional groups attached to an aromatic ring is 1. The van der Waals surface area contributed by atoms with Crippen LogP contribution in [0.15, 0.2) is 18.2 Å². The predicted octanol–water partition coefficient (Wildman–Crippen LogP) is 3.11. The van der Waals surface area contributed by atoms with E-state index in [1.54, 1.807) is 6.07 Å². The van der Waals surface area contributed by atoms with E-state index in [1.165, 1.54) is 0 Å². The van der Waals surface area contributed by atoms with Crippen molar-refractivity contribution in [3.63, 3.8) is 0 Å². The van der Waals surface area contributed by atoms with Gasteiger partial charge in [-0.15, -0.1) is 0 Å². The quantitative estimate of drug-likeness (QED) is 0.587. The fraction of sp³-hybridized carbons (Fsp3) is 0.533. The van der Waals surface area contributed by atoms with Crippen LogP contribution in [0.2, 0.25) is 0 Å². The van der Waals surface area contributed by atoms with Crippen LogP contribution in [0.25, 0.3) is 0 Å². The van der Waals surface area contributed by atoms with Gasteiger partial charge in [-0.1, -0.05) is 6.92 Å². The van der Waals surface area contributed by atoms with E-state index in [4.69, 9.17) is 10.5 Å². The third-order valence-electron chi connectivity index (χ3n) is 3.05. The molecule has 0 radical (unpaired) electrons. The van der Waals surface area contributed by atoms with Crippen LogP contribution in [0.4, 0.5) is 11.4 Å². The first-order chi connectivity index (χ1) is 9.02. The first kappa shape index (κ1) is 15.5. The molecule has 106 valence electrons. The minimum atomic E-state index is 0.0145. The molecular weight excluding hydrogens is 240 g/mol. The zero-order valence-corrected chi connectivity index (χ0v) is 12.0. The topological polar surface area (TPSA) is 64.3 Å². The van der Waals surface area contributed by atoms with E-state index >= 15 is 0 Å². The van der Waals surface area contributed by atoms with Crippen molar-refractivity contribution in [2.75, 3.05) is 17.7 Å². The van der Waals surface area contributed by atoms with Gasteiger partial charge in [-0.05, 0) is 50.5 Å². The lowest BCUT2D eigenvalue weighted by Crippen LogP contribution is -2.14. The number of hydrogen-bond donors (Lipinski definition) is 2. The highest BCUT2D eigenvalue weighted by molar-refractivity contribution is 5.91. The minimum absolute atomic E-state index is 0.0145. The number of hydrogen-bond acceptors (Lipinski definition) is 3. The third kappa shape index (κ3) is 5.75. The molecule has 4 heteroatoms. The Bertz CT molecular complexity index is 419. The van der Waals surface area contributed by atoms with E-state index in [1.807, 2.05) is 26.0 Å². The first-order valence-electron chi connectivity index (χ1n) is 6.80. The molecule has 0 bridgehead atoms. The van der Waals surface area contributed by atoms with Crippen molar-refractivity contribution in [2.45, 2.75) is 46.1 Å². The van der Waals surface area contributed by atoms with Crippen molar-refractivity contribution in [1.29, 1.82) is 0 Å². The average Bonchev–Trinajstić information content (AvgIpc) is 2.37. The van der Waals surface area contributed by atoms with Gasteiger partial charge in [0.25, 0.3) is 0 Å². The van der Waals surface area contributed by atoms with Gasteiger partial charge in [0.1, 0.15) is 0 Å². The molecule has 1 aromatic carbocycles. The normalized spacial score (nSPS) is 12.2. The van der Waals surface area contributed by atoms with Crippen LogP contribution in [-0.4, -0.2) is 18.6 Å². The van der Waals surface area contributed by atoms with Crippen molar-refractivity contribution in [3.8, 4) is 0 Å². The molecule has 1 amide bonds. The Morgan fingerprint density at radius 1 is 1.47 bits per heavy atom. The second-order valence-electron chi connectivity index (χ2n) is 4.82. The summed E-state index contributed by atoms with van der Waals surface area (Å²) in [6.07, 6.45) is 2.48. The highest BCUT2D eigenvalue weighted by Gasteiger charge is 2.05. The summed E-state index contributed by atoms with van der Waals surface area (Å²) in [6.45, 7) is 6.68. The standard InChI is InChI=1S/C15H24N2O2/c1-4-12(3)19-9-5-6-15(18)17-14-8-7-13(16)10-11(14)2/h7-8,10,12H,4-6,9,16H2,1-3H3,(H,17,18). The molecule has 0 aliphatic rings. The van der Waals surface area contributed by atoms with Gasteiger partial charge in [0.05, 0.1) is 6.10 Å². The van der Waals surface area contributed by atoms with Crippen molar-refractivity contribution in [2.24, 2.45) is 0 Å². The summed E-state index contributed by atoms with van der Waals surface area (Å²) >= 11 is 0. The Morgan fingerprint density at radius 3 is 2.84 bits per heavy atom. The van der Waals surface area contributed by atoms with Crippen molar-refractivity contribution < 1.29 is 9.53 Å². The molecule has 0 saturated heterocycles. The Labute approximate surface area is 115 Å². The minimum Gasteiger partial charge on any atom is -0.399 e. The van der Waals surface area contributed by atoms with Crippen LogP contribution >= 0.6 is 0 Å². The second-order valence-corrected chi connectivity index (χ2v) is 4.82. The van der Waals surface area contributed by atoms with Gasteiger partial charge in [0, 0.05) is 24.4 Å². The van der Waals surface area contributed by atoms with Gasteiger partial charge in [-0.3, -0.25) is 4.79 Å². The van der Waals surface area contributed by atoms with E-state index in [0.29, 0.717) is 18.7 Å². The number of nitrogens with two attached hydrogens (primary N) is 1. The van der Waals surface area contributed by atoms with Crippen molar-refractivity contribution in [1.82, 2.24) is 0 Å². The summed E-state index contributed by atoms with van der Waals surface area (Å²) in [5.74, 6) is 0.0145. The van der Waals surface area contributed by atoms with Crippen LogP contribution in [0, 0.1) is 6.92 Å². The molecule has 0 aromatic heterocycles. The highest BCUT2D eigenvalue weighted by atomic mass is 16.5. The summed E-state index contributed by atoms with van der Waals surface area (Å²) in [6, 6.07) is 5.47. The molecule has 0 aliphatic heterocycles. The van der Waals surface area contributed by atoms with Crippen LogP contribution in [0.3, 0.4) is 0 Å². The second kappa shape index (κ2) is 7.79. The molecule has 0 heterocycles. The monoisotopic (exact) mass is 264 g/mol.